The number of hydrogen-bond donors (Lipinski definition) is 2. The van der Waals surface area contributed by atoms with Crippen molar-refractivity contribution < 1.29 is 50.5 Å². The lowest BCUT2D eigenvalue weighted by Crippen LogP contribution is -2.07. The van der Waals surface area contributed by atoms with Crippen molar-refractivity contribution in [2.24, 2.45) is 0 Å². The SMILES string of the molecule is CC(=O)n1cc(-c2ccnc(Cl)n2)c2ccccc21.Nc1cc([N+](=O)[O-])c(F)cc1OC(F)F.O=[N+]([O-])c1cc(Nc2nccc(C3=CCc4ccccc43)n2)c(OC(F)F)cc1F. The number of halogens is 7. The third kappa shape index (κ3) is 10.7. The second-order valence-corrected chi connectivity index (χ2v) is 13.3. The Hall–Kier alpha value is -8.14. The van der Waals surface area contributed by atoms with E-state index < -0.39 is 63.3 Å². The van der Waals surface area contributed by atoms with Gasteiger partial charge in [-0.3, -0.25) is 29.6 Å². The lowest BCUT2D eigenvalue weighted by molar-refractivity contribution is -0.387. The molecule has 0 bridgehead atoms. The molecule has 3 N–H and O–H groups in total. The van der Waals surface area contributed by atoms with Crippen LogP contribution < -0.4 is 20.5 Å². The van der Waals surface area contributed by atoms with Crippen molar-refractivity contribution in [1.82, 2.24) is 24.5 Å². The highest BCUT2D eigenvalue weighted by Crippen LogP contribution is 2.36. The summed E-state index contributed by atoms with van der Waals surface area (Å²) in [7, 11) is 0. The van der Waals surface area contributed by atoms with Crippen LogP contribution in [0.3, 0.4) is 0 Å². The number of nitrogens with zero attached hydrogens (tertiary/aromatic N) is 7. The number of nitro benzene ring substituents is 2. The van der Waals surface area contributed by atoms with Crippen molar-refractivity contribution in [3.8, 4) is 22.8 Å². The molecule has 0 spiro atoms. The number of benzene rings is 4. The lowest BCUT2D eigenvalue weighted by Gasteiger charge is -2.13. The largest absolute Gasteiger partial charge is 0.433 e. The smallest absolute Gasteiger partial charge is 0.387 e. The number of rotatable bonds is 10. The molecule has 0 fully saturated rings. The number of fused-ring (bicyclic) bond motifs is 2. The molecule has 0 unspecified atom stereocenters. The number of carbonyl (C=O) groups is 1. The Morgan fingerprint density at radius 2 is 1.42 bits per heavy atom. The second kappa shape index (κ2) is 19.7. The third-order valence-electron chi connectivity index (χ3n) is 8.92. The number of nitrogens with two attached hydrogens (primary N) is 1. The Bertz CT molecular complexity index is 2940. The van der Waals surface area contributed by atoms with Crippen LogP contribution in [0, 0.1) is 31.9 Å². The van der Waals surface area contributed by atoms with Gasteiger partial charge in [0.05, 0.1) is 38.1 Å². The molecule has 8 rings (SSSR count). The fourth-order valence-corrected chi connectivity index (χ4v) is 6.36. The maximum atomic E-state index is 13.8. The van der Waals surface area contributed by atoms with Gasteiger partial charge >= 0.3 is 24.6 Å². The molecule has 0 radical (unpaired) electrons. The van der Waals surface area contributed by atoms with Crippen LogP contribution in [0.25, 0.3) is 27.7 Å². The fraction of sp³-hybridized carbons (Fsp3) is 0.0976. The predicted octanol–water partition coefficient (Wildman–Crippen LogP) is 10.2. The average Bonchev–Trinajstić information content (AvgIpc) is 3.86. The molecule has 328 valence electrons. The van der Waals surface area contributed by atoms with E-state index in [2.05, 4.69) is 34.7 Å². The van der Waals surface area contributed by atoms with Gasteiger partial charge in [-0.1, -0.05) is 48.5 Å². The zero-order valence-corrected chi connectivity index (χ0v) is 33.2. The van der Waals surface area contributed by atoms with E-state index in [0.717, 1.165) is 45.7 Å². The summed E-state index contributed by atoms with van der Waals surface area (Å²) in [6, 6.07) is 21.3. The summed E-state index contributed by atoms with van der Waals surface area (Å²) in [5.41, 5.74) is 8.71. The molecule has 4 aromatic carbocycles. The molecule has 0 saturated heterocycles. The van der Waals surface area contributed by atoms with Crippen molar-refractivity contribution in [2.45, 2.75) is 26.6 Å². The third-order valence-corrected chi connectivity index (χ3v) is 9.10. The predicted molar refractivity (Wildman–Crippen MR) is 221 cm³/mol. The van der Waals surface area contributed by atoms with E-state index in [4.69, 9.17) is 17.3 Å². The number of alkyl halides is 4. The normalized spacial score (nSPS) is 11.5. The summed E-state index contributed by atoms with van der Waals surface area (Å²) >= 11 is 5.82. The number of nitro groups is 2. The summed E-state index contributed by atoms with van der Waals surface area (Å²) in [5, 5.41) is 25.0. The number of anilines is 3. The van der Waals surface area contributed by atoms with Gasteiger partial charge in [0.25, 0.3) is 0 Å². The Kier molecular flexibility index (Phi) is 14.0. The molecule has 0 saturated carbocycles. The van der Waals surface area contributed by atoms with Crippen LogP contribution >= 0.6 is 11.6 Å². The number of para-hydroxylation sites is 1. The van der Waals surface area contributed by atoms with Gasteiger partial charge in [-0.05, 0) is 47.3 Å². The minimum atomic E-state index is -3.25. The first-order valence-electron chi connectivity index (χ1n) is 18.1. The standard InChI is InChI=1S/C20H13F3N4O3.C14H10ClN3O.C7H5F3N2O3/c21-14-9-18(30-19(22)23)16(10-17(14)27(28)29)26-20-24-8-7-15(25-20)13-6-5-11-3-1-2-4-12(11)13;1-9(19)18-8-11(10-4-2-3-5-13(10)18)12-6-7-16-14(15)17-12;8-3-1-6(15-7(9)10)4(11)2-5(3)12(13)14/h1-4,6-10,19H,5H2,(H,24,25,26);2-8H,1H3;1-2,7H,11H2. The number of nitrogens with one attached hydrogen (secondary N) is 1. The van der Waals surface area contributed by atoms with Crippen LogP contribution in [0.15, 0.2) is 110 Å². The quantitative estimate of drug-likeness (QED) is 0.0430. The van der Waals surface area contributed by atoms with Crippen LogP contribution in [-0.2, 0) is 6.42 Å². The van der Waals surface area contributed by atoms with E-state index in [1.807, 2.05) is 54.6 Å². The Labute approximate surface area is 360 Å². The summed E-state index contributed by atoms with van der Waals surface area (Å²) in [5.74, 6) is -3.88. The molecule has 0 aliphatic heterocycles. The second-order valence-electron chi connectivity index (χ2n) is 12.9. The van der Waals surface area contributed by atoms with E-state index in [0.29, 0.717) is 29.6 Å². The van der Waals surface area contributed by atoms with Crippen LogP contribution in [0.4, 0.5) is 55.0 Å². The zero-order valence-electron chi connectivity index (χ0n) is 32.5. The van der Waals surface area contributed by atoms with Gasteiger partial charge in [-0.2, -0.15) is 26.3 Å². The van der Waals surface area contributed by atoms with E-state index >= 15 is 0 Å². The van der Waals surface area contributed by atoms with Crippen LogP contribution in [0.2, 0.25) is 5.28 Å². The summed E-state index contributed by atoms with van der Waals surface area (Å²) in [6.07, 6.45) is 7.59. The molecule has 3 aromatic heterocycles. The molecular weight excluding hydrogens is 880 g/mol. The summed E-state index contributed by atoms with van der Waals surface area (Å²) in [4.78, 5) is 47.4. The van der Waals surface area contributed by atoms with Gasteiger partial charge in [-0.15, -0.1) is 0 Å². The van der Waals surface area contributed by atoms with E-state index in [1.165, 1.54) is 13.1 Å². The van der Waals surface area contributed by atoms with Gasteiger partial charge in [0.2, 0.25) is 28.8 Å². The Balaban J connectivity index is 0.000000172. The first-order chi connectivity index (χ1) is 30.5. The summed E-state index contributed by atoms with van der Waals surface area (Å²) in [6.45, 7) is -4.89. The molecule has 0 amide bonds. The highest BCUT2D eigenvalue weighted by atomic mass is 35.5. The monoisotopic (exact) mass is 907 g/mol. The van der Waals surface area contributed by atoms with E-state index in [9.17, 15) is 51.4 Å². The van der Waals surface area contributed by atoms with Gasteiger partial charge in [-0.25, -0.2) is 19.9 Å². The van der Waals surface area contributed by atoms with Crippen LogP contribution in [0.5, 0.6) is 11.5 Å². The van der Waals surface area contributed by atoms with Gasteiger partial charge in [0, 0.05) is 66.3 Å². The van der Waals surface area contributed by atoms with Crippen molar-refractivity contribution in [2.75, 3.05) is 11.1 Å². The maximum Gasteiger partial charge on any atom is 0.387 e. The van der Waals surface area contributed by atoms with Gasteiger partial charge < -0.3 is 20.5 Å². The molecule has 0 atom stereocenters. The fourth-order valence-electron chi connectivity index (χ4n) is 6.22. The molecular formula is C41H28ClF6N9O7. The van der Waals surface area contributed by atoms with E-state index in [-0.39, 0.29) is 22.8 Å². The summed E-state index contributed by atoms with van der Waals surface area (Å²) < 4.78 is 85.4. The number of hydrogen-bond acceptors (Lipinski definition) is 13. The van der Waals surface area contributed by atoms with Crippen molar-refractivity contribution in [1.29, 1.82) is 0 Å². The number of ether oxygens (including phenoxy) is 2. The molecule has 1 aliphatic carbocycles. The van der Waals surface area contributed by atoms with Crippen LogP contribution in [0.1, 0.15) is 28.5 Å². The minimum absolute atomic E-state index is 0.0159. The number of carbonyl (C=O) groups excluding carboxylic acids is 1. The number of aromatic nitrogens is 5. The molecule has 3 heterocycles. The first-order valence-corrected chi connectivity index (χ1v) is 18.5. The van der Waals surface area contributed by atoms with Crippen molar-refractivity contribution >= 4 is 62.7 Å². The molecule has 16 nitrogen and oxygen atoms in total. The molecule has 7 aromatic rings. The maximum absolute atomic E-state index is 13.8. The Morgan fingerprint density at radius 1 is 0.812 bits per heavy atom. The molecule has 23 heteroatoms. The van der Waals surface area contributed by atoms with Gasteiger partial charge in [0.15, 0.2) is 11.5 Å². The minimum Gasteiger partial charge on any atom is -0.433 e. The lowest BCUT2D eigenvalue weighted by atomic mass is 10.0. The zero-order chi connectivity index (χ0) is 46.2. The van der Waals surface area contributed by atoms with Crippen LogP contribution in [-0.4, -0.2) is 53.5 Å². The highest BCUT2D eigenvalue weighted by Gasteiger charge is 2.23. The average molecular weight is 908 g/mol. The number of nitrogen functional groups attached to an aromatic ring is 1. The van der Waals surface area contributed by atoms with E-state index in [1.54, 1.807) is 29.1 Å². The van der Waals surface area contributed by atoms with Gasteiger partial charge in [0.1, 0.15) is 0 Å². The van der Waals surface area contributed by atoms with Crippen molar-refractivity contribution in [3.05, 3.63) is 164 Å². The van der Waals surface area contributed by atoms with Crippen molar-refractivity contribution in [3.63, 3.8) is 0 Å². The molecule has 64 heavy (non-hydrogen) atoms. The first kappa shape index (κ1) is 45.4. The Morgan fingerprint density at radius 3 is 2.09 bits per heavy atom. The number of allylic oxidation sites excluding steroid dienone is 1. The topological polar surface area (TPSA) is 216 Å². The molecule has 1 aliphatic rings. The highest BCUT2D eigenvalue weighted by molar-refractivity contribution is 6.28.